The van der Waals surface area contributed by atoms with Crippen LogP contribution in [0.5, 0.6) is 0 Å². The van der Waals surface area contributed by atoms with E-state index < -0.39 is 11.7 Å². The lowest BCUT2D eigenvalue weighted by Gasteiger charge is -2.39. The maximum atomic E-state index is 13.3. The number of halogens is 2. The van der Waals surface area contributed by atoms with Gasteiger partial charge in [-0.2, -0.15) is 4.68 Å². The Labute approximate surface area is 208 Å². The van der Waals surface area contributed by atoms with E-state index in [1.165, 1.54) is 0 Å². The van der Waals surface area contributed by atoms with Crippen molar-refractivity contribution in [1.82, 2.24) is 34.5 Å². The van der Waals surface area contributed by atoms with Gasteiger partial charge in [0, 0.05) is 44.7 Å². The van der Waals surface area contributed by atoms with Crippen molar-refractivity contribution in [2.24, 2.45) is 5.92 Å². The van der Waals surface area contributed by atoms with Crippen LogP contribution in [0.15, 0.2) is 23.0 Å². The molecule has 4 rings (SSSR count). The first-order valence-corrected chi connectivity index (χ1v) is 12.3. The van der Waals surface area contributed by atoms with Crippen molar-refractivity contribution in [2.75, 3.05) is 39.8 Å². The van der Waals surface area contributed by atoms with Crippen LogP contribution in [0.4, 0.5) is 4.79 Å². The summed E-state index contributed by atoms with van der Waals surface area (Å²) >= 11 is 12.4. The van der Waals surface area contributed by atoms with Gasteiger partial charge in [0.25, 0.3) is 0 Å². The third kappa shape index (κ3) is 4.85. The number of para-hydroxylation sites is 1. The van der Waals surface area contributed by atoms with Crippen molar-refractivity contribution in [3.05, 3.63) is 38.7 Å². The van der Waals surface area contributed by atoms with Crippen LogP contribution in [-0.4, -0.2) is 92.2 Å². The second-order valence-corrected chi connectivity index (χ2v) is 9.68. The molecule has 0 bridgehead atoms. The van der Waals surface area contributed by atoms with Crippen molar-refractivity contribution in [3.8, 4) is 5.69 Å². The molecule has 34 heavy (non-hydrogen) atoms. The number of amides is 2. The molecule has 2 heterocycles. The molecule has 2 aromatic rings. The molecule has 12 heteroatoms. The average Bonchev–Trinajstić information content (AvgIpc) is 3.20. The van der Waals surface area contributed by atoms with Gasteiger partial charge in [0.2, 0.25) is 5.91 Å². The SMILES string of the molecule is CCN(C(=O)n1nnn(-c2c(Cl)cccc2Cl)c1=O)C1CCCC(C(=O)N2CCN(C)CC2)C1. The third-order valence-corrected chi connectivity index (χ3v) is 7.36. The molecule has 1 saturated heterocycles. The molecule has 1 aliphatic carbocycles. The molecule has 184 valence electrons. The Morgan fingerprint density at radius 2 is 1.76 bits per heavy atom. The number of hydrogen-bond donors (Lipinski definition) is 0. The van der Waals surface area contributed by atoms with E-state index in [1.54, 1.807) is 23.1 Å². The molecular weight excluding hydrogens is 481 g/mol. The number of likely N-dealkylation sites (N-methyl/N-ethyl adjacent to an activating group) is 1. The lowest BCUT2D eigenvalue weighted by molar-refractivity contribution is -0.138. The summed E-state index contributed by atoms with van der Waals surface area (Å²) in [6.45, 7) is 5.44. The fourth-order valence-electron chi connectivity index (χ4n) is 4.83. The minimum atomic E-state index is -0.751. The summed E-state index contributed by atoms with van der Waals surface area (Å²) in [7, 11) is 2.06. The van der Waals surface area contributed by atoms with Crippen LogP contribution in [-0.2, 0) is 4.79 Å². The average molecular weight is 510 g/mol. The third-order valence-electron chi connectivity index (χ3n) is 6.75. The van der Waals surface area contributed by atoms with Crippen LogP contribution < -0.4 is 5.69 Å². The molecule has 1 aliphatic heterocycles. The van der Waals surface area contributed by atoms with Gasteiger partial charge in [-0.25, -0.2) is 9.59 Å². The largest absolute Gasteiger partial charge is 0.377 e. The number of carbonyl (C=O) groups excluding carboxylic acids is 2. The van der Waals surface area contributed by atoms with Crippen molar-refractivity contribution in [3.63, 3.8) is 0 Å². The van der Waals surface area contributed by atoms with Gasteiger partial charge in [-0.1, -0.05) is 35.7 Å². The van der Waals surface area contributed by atoms with E-state index in [0.29, 0.717) is 13.0 Å². The van der Waals surface area contributed by atoms with Gasteiger partial charge in [0.1, 0.15) is 5.69 Å². The van der Waals surface area contributed by atoms with Crippen LogP contribution in [0.25, 0.3) is 5.69 Å². The molecule has 0 N–H and O–H groups in total. The minimum Gasteiger partial charge on any atom is -0.340 e. The summed E-state index contributed by atoms with van der Waals surface area (Å²) in [4.78, 5) is 45.2. The fourth-order valence-corrected chi connectivity index (χ4v) is 5.38. The topological polar surface area (TPSA) is 96.6 Å². The van der Waals surface area contributed by atoms with E-state index in [0.717, 1.165) is 54.8 Å². The molecule has 10 nitrogen and oxygen atoms in total. The number of benzene rings is 1. The second kappa shape index (κ2) is 10.5. The summed E-state index contributed by atoms with van der Waals surface area (Å²) < 4.78 is 1.66. The summed E-state index contributed by atoms with van der Waals surface area (Å²) in [5.41, 5.74) is -0.576. The monoisotopic (exact) mass is 509 g/mol. The molecule has 2 unspecified atom stereocenters. The molecule has 2 atom stereocenters. The van der Waals surface area contributed by atoms with Crippen LogP contribution in [0.3, 0.4) is 0 Å². The molecule has 2 fully saturated rings. The standard InChI is InChI=1S/C22H29Cl2N7O3/c1-3-29(16-7-4-6-15(14-16)20(32)28-12-10-27(2)11-13-28)21(33)31-22(34)30(25-26-31)19-17(23)8-5-9-18(19)24/h5,8-9,15-16H,3-4,6-7,10-14H2,1-2H3. The molecule has 0 spiro atoms. The van der Waals surface area contributed by atoms with Gasteiger partial charge in [-0.3, -0.25) is 4.79 Å². The molecule has 2 amide bonds. The molecule has 1 aromatic heterocycles. The Morgan fingerprint density at radius 1 is 1.09 bits per heavy atom. The van der Waals surface area contributed by atoms with Crippen LogP contribution >= 0.6 is 23.2 Å². The number of carbonyl (C=O) groups is 2. The molecule has 0 radical (unpaired) electrons. The van der Waals surface area contributed by atoms with Gasteiger partial charge < -0.3 is 14.7 Å². The van der Waals surface area contributed by atoms with Gasteiger partial charge in [0.15, 0.2) is 0 Å². The maximum absolute atomic E-state index is 13.3. The van der Waals surface area contributed by atoms with E-state index in [4.69, 9.17) is 23.2 Å². The highest BCUT2D eigenvalue weighted by molar-refractivity contribution is 6.37. The van der Waals surface area contributed by atoms with Gasteiger partial charge in [-0.05, 0) is 55.8 Å². The lowest BCUT2D eigenvalue weighted by Crippen LogP contribution is -2.52. The normalized spacial score (nSPS) is 21.5. The number of rotatable bonds is 4. The zero-order chi connectivity index (χ0) is 24.4. The predicted molar refractivity (Wildman–Crippen MR) is 129 cm³/mol. The van der Waals surface area contributed by atoms with Gasteiger partial charge >= 0.3 is 11.7 Å². The number of aromatic nitrogens is 4. The Morgan fingerprint density at radius 3 is 2.41 bits per heavy atom. The van der Waals surface area contributed by atoms with E-state index in [-0.39, 0.29) is 33.6 Å². The lowest BCUT2D eigenvalue weighted by atomic mass is 9.84. The zero-order valence-corrected chi connectivity index (χ0v) is 20.9. The summed E-state index contributed by atoms with van der Waals surface area (Å²) in [5.74, 6) is 0.0381. The number of hydrogen-bond acceptors (Lipinski definition) is 6. The van der Waals surface area contributed by atoms with Crippen molar-refractivity contribution in [2.45, 2.75) is 38.6 Å². The minimum absolute atomic E-state index is 0.127. The number of tetrazole rings is 1. The van der Waals surface area contributed by atoms with Crippen molar-refractivity contribution < 1.29 is 9.59 Å². The second-order valence-electron chi connectivity index (χ2n) is 8.87. The van der Waals surface area contributed by atoms with E-state index >= 15 is 0 Å². The van der Waals surface area contributed by atoms with E-state index in [1.807, 2.05) is 11.8 Å². The fraction of sp³-hybridized carbons (Fsp3) is 0.591. The van der Waals surface area contributed by atoms with Gasteiger partial charge in [-0.15, -0.1) is 4.68 Å². The first-order valence-electron chi connectivity index (χ1n) is 11.6. The highest BCUT2D eigenvalue weighted by Gasteiger charge is 2.36. The maximum Gasteiger partial charge on any atom is 0.377 e. The summed E-state index contributed by atoms with van der Waals surface area (Å²) in [5, 5.41) is 8.08. The number of piperazine rings is 1. The van der Waals surface area contributed by atoms with Gasteiger partial charge in [0.05, 0.1) is 10.0 Å². The molecule has 1 aromatic carbocycles. The highest BCUT2D eigenvalue weighted by atomic mass is 35.5. The van der Waals surface area contributed by atoms with Crippen LogP contribution in [0.2, 0.25) is 10.0 Å². The Kier molecular flexibility index (Phi) is 7.59. The van der Waals surface area contributed by atoms with Crippen molar-refractivity contribution >= 4 is 35.1 Å². The molecular formula is C22H29Cl2N7O3. The smallest absolute Gasteiger partial charge is 0.340 e. The quantitative estimate of drug-likeness (QED) is 0.586. The van der Waals surface area contributed by atoms with Crippen molar-refractivity contribution in [1.29, 1.82) is 0 Å². The molecule has 1 saturated carbocycles. The first kappa shape index (κ1) is 24.7. The van der Waals surface area contributed by atoms with E-state index in [9.17, 15) is 14.4 Å². The summed E-state index contributed by atoms with van der Waals surface area (Å²) in [6, 6.07) is 4.08. The Balaban J connectivity index is 1.51. The Hall–Kier alpha value is -2.43. The highest BCUT2D eigenvalue weighted by Crippen LogP contribution is 2.30. The number of nitrogens with zero attached hydrogens (tertiary/aromatic N) is 7. The predicted octanol–water partition coefficient (Wildman–Crippen LogP) is 2.36. The van der Waals surface area contributed by atoms with E-state index in [2.05, 4.69) is 22.4 Å². The molecule has 2 aliphatic rings. The first-order chi connectivity index (χ1) is 16.3. The summed E-state index contributed by atoms with van der Waals surface area (Å²) in [6.07, 6.45) is 3.00. The van der Waals surface area contributed by atoms with Crippen LogP contribution in [0.1, 0.15) is 32.6 Å². The Bertz CT molecular complexity index is 1090. The van der Waals surface area contributed by atoms with Crippen LogP contribution in [0, 0.1) is 5.92 Å². The zero-order valence-electron chi connectivity index (χ0n) is 19.4.